The number of benzene rings is 2. The first-order valence-electron chi connectivity index (χ1n) is 10.5. The van der Waals surface area contributed by atoms with Crippen molar-refractivity contribution in [2.45, 2.75) is 53.2 Å². The first-order valence-corrected chi connectivity index (χ1v) is 10.5. The van der Waals surface area contributed by atoms with Crippen molar-refractivity contribution in [3.8, 4) is 5.75 Å². The summed E-state index contributed by atoms with van der Waals surface area (Å²) in [7, 11) is 1.68. The van der Waals surface area contributed by atoms with Crippen LogP contribution in [0.15, 0.2) is 47.5 Å². The smallest absolute Gasteiger partial charge is 0.251 e. The maximum absolute atomic E-state index is 12.4. The van der Waals surface area contributed by atoms with E-state index < -0.39 is 0 Å². The van der Waals surface area contributed by atoms with Crippen LogP contribution in [0.3, 0.4) is 0 Å². The highest BCUT2D eigenvalue weighted by molar-refractivity contribution is 14.0. The number of rotatable bonds is 9. The van der Waals surface area contributed by atoms with E-state index in [0.29, 0.717) is 18.7 Å². The lowest BCUT2D eigenvalue weighted by Gasteiger charge is -2.14. The lowest BCUT2D eigenvalue weighted by atomic mass is 10.1. The number of halogens is 1. The average molecular weight is 538 g/mol. The monoisotopic (exact) mass is 538 g/mol. The fourth-order valence-electron chi connectivity index (χ4n) is 2.91. The van der Waals surface area contributed by atoms with E-state index in [1.807, 2.05) is 51.1 Å². The molecule has 1 unspecified atom stereocenters. The molecule has 0 bridgehead atoms. The summed E-state index contributed by atoms with van der Waals surface area (Å²) < 4.78 is 5.48. The zero-order chi connectivity index (χ0) is 21.9. The van der Waals surface area contributed by atoms with Gasteiger partial charge >= 0.3 is 0 Å². The first kappa shape index (κ1) is 26.7. The molecule has 2 aromatic rings. The lowest BCUT2D eigenvalue weighted by Crippen LogP contribution is -2.36. The third kappa shape index (κ3) is 8.77. The Morgan fingerprint density at radius 2 is 1.90 bits per heavy atom. The third-order valence-corrected chi connectivity index (χ3v) is 4.83. The molecular weight excluding hydrogens is 503 g/mol. The molecule has 0 saturated carbocycles. The van der Waals surface area contributed by atoms with E-state index in [4.69, 9.17) is 4.74 Å². The van der Waals surface area contributed by atoms with Gasteiger partial charge in [-0.2, -0.15) is 0 Å². The van der Waals surface area contributed by atoms with Gasteiger partial charge in [-0.1, -0.05) is 31.2 Å². The minimum atomic E-state index is -0.0494. The van der Waals surface area contributed by atoms with Crippen LogP contribution in [0.1, 0.15) is 54.2 Å². The van der Waals surface area contributed by atoms with Crippen molar-refractivity contribution in [1.29, 1.82) is 0 Å². The molecule has 0 heterocycles. The summed E-state index contributed by atoms with van der Waals surface area (Å²) >= 11 is 0. The number of nitrogens with one attached hydrogen (secondary N) is 3. The van der Waals surface area contributed by atoms with Gasteiger partial charge in [-0.25, -0.2) is 4.99 Å². The molecular formula is C24H35IN4O2. The van der Waals surface area contributed by atoms with E-state index in [1.165, 1.54) is 0 Å². The van der Waals surface area contributed by atoms with Crippen molar-refractivity contribution in [2.75, 3.05) is 13.7 Å². The van der Waals surface area contributed by atoms with Crippen molar-refractivity contribution < 1.29 is 9.53 Å². The molecule has 6 nitrogen and oxygen atoms in total. The van der Waals surface area contributed by atoms with Gasteiger partial charge < -0.3 is 20.7 Å². The number of amides is 1. The van der Waals surface area contributed by atoms with E-state index in [0.717, 1.165) is 41.4 Å². The van der Waals surface area contributed by atoms with E-state index >= 15 is 0 Å². The standard InChI is InChI=1S/C24H34N4O2.HI/c1-6-18(4)28-23(29)20-10-8-9-19(14-20)15-26-24(25-7-2)27-16-21-12-11-17(3)13-22(21)30-5;/h8-14,18H,6-7,15-16H2,1-5H3,(H,28,29)(H2,25,26,27);1H. The van der Waals surface area contributed by atoms with E-state index in [2.05, 4.69) is 40.0 Å². The number of aliphatic imine (C=N–C) groups is 1. The number of hydrogen-bond acceptors (Lipinski definition) is 3. The summed E-state index contributed by atoms with van der Waals surface area (Å²) in [5.74, 6) is 1.53. The van der Waals surface area contributed by atoms with Gasteiger partial charge in [-0.3, -0.25) is 4.79 Å². The number of methoxy groups -OCH3 is 1. The molecule has 170 valence electrons. The molecule has 0 radical (unpaired) electrons. The van der Waals surface area contributed by atoms with Crippen LogP contribution in [0.4, 0.5) is 0 Å². The Labute approximate surface area is 203 Å². The molecule has 0 aliphatic carbocycles. The Hall–Kier alpha value is -2.29. The van der Waals surface area contributed by atoms with Crippen molar-refractivity contribution in [2.24, 2.45) is 4.99 Å². The van der Waals surface area contributed by atoms with E-state index in [1.54, 1.807) is 7.11 Å². The van der Waals surface area contributed by atoms with E-state index in [-0.39, 0.29) is 35.9 Å². The fraction of sp³-hybridized carbons (Fsp3) is 0.417. The van der Waals surface area contributed by atoms with Crippen LogP contribution < -0.4 is 20.7 Å². The van der Waals surface area contributed by atoms with Gasteiger partial charge in [0.1, 0.15) is 5.75 Å². The summed E-state index contributed by atoms with van der Waals surface area (Å²) in [5, 5.41) is 9.61. The number of hydrogen-bond donors (Lipinski definition) is 3. The minimum absolute atomic E-state index is 0. The first-order chi connectivity index (χ1) is 14.5. The topological polar surface area (TPSA) is 74.8 Å². The zero-order valence-electron chi connectivity index (χ0n) is 19.1. The Morgan fingerprint density at radius 1 is 1.13 bits per heavy atom. The maximum Gasteiger partial charge on any atom is 0.251 e. The Balaban J connectivity index is 0.00000480. The number of ether oxygens (including phenoxy) is 1. The number of aryl methyl sites for hydroxylation is 1. The highest BCUT2D eigenvalue weighted by atomic mass is 127. The second-order valence-electron chi connectivity index (χ2n) is 7.35. The largest absolute Gasteiger partial charge is 0.496 e. The molecule has 0 aliphatic heterocycles. The van der Waals surface area contributed by atoms with Crippen LogP contribution in [0.2, 0.25) is 0 Å². The highest BCUT2D eigenvalue weighted by Crippen LogP contribution is 2.19. The molecule has 1 atom stereocenters. The van der Waals surface area contributed by atoms with Crippen LogP contribution in [0, 0.1) is 6.92 Å². The summed E-state index contributed by atoms with van der Waals surface area (Å²) in [6.07, 6.45) is 0.902. The molecule has 0 aromatic heterocycles. The molecule has 0 spiro atoms. The number of carbonyl (C=O) groups excluding carboxylic acids is 1. The summed E-state index contributed by atoms with van der Waals surface area (Å²) in [6.45, 7) is 9.97. The molecule has 0 aliphatic rings. The molecule has 0 saturated heterocycles. The number of carbonyl (C=O) groups is 1. The van der Waals surface area contributed by atoms with Gasteiger partial charge in [-0.05, 0) is 56.5 Å². The summed E-state index contributed by atoms with van der Waals surface area (Å²) in [4.78, 5) is 17.0. The van der Waals surface area contributed by atoms with E-state index in [9.17, 15) is 4.79 Å². The molecule has 31 heavy (non-hydrogen) atoms. The number of nitrogens with zero attached hydrogens (tertiary/aromatic N) is 1. The molecule has 7 heteroatoms. The third-order valence-electron chi connectivity index (χ3n) is 4.83. The van der Waals surface area contributed by atoms with Gasteiger partial charge in [0.2, 0.25) is 0 Å². The van der Waals surface area contributed by atoms with Crippen LogP contribution in [-0.2, 0) is 13.1 Å². The Kier molecular flexibility index (Phi) is 12.0. The van der Waals surface area contributed by atoms with Crippen LogP contribution in [0.5, 0.6) is 5.75 Å². The maximum atomic E-state index is 12.4. The van der Waals surface area contributed by atoms with Gasteiger partial charge in [0.15, 0.2) is 5.96 Å². The van der Waals surface area contributed by atoms with Gasteiger partial charge in [-0.15, -0.1) is 24.0 Å². The molecule has 2 aromatic carbocycles. The zero-order valence-corrected chi connectivity index (χ0v) is 21.4. The second-order valence-corrected chi connectivity index (χ2v) is 7.35. The van der Waals surface area contributed by atoms with Gasteiger partial charge in [0.25, 0.3) is 5.91 Å². The minimum Gasteiger partial charge on any atom is -0.496 e. The number of guanidine groups is 1. The van der Waals surface area contributed by atoms with Crippen LogP contribution in [0.25, 0.3) is 0 Å². The van der Waals surface area contributed by atoms with Crippen molar-refractivity contribution >= 4 is 35.8 Å². The van der Waals surface area contributed by atoms with Crippen LogP contribution in [-0.4, -0.2) is 31.6 Å². The Morgan fingerprint density at radius 3 is 2.58 bits per heavy atom. The van der Waals surface area contributed by atoms with Crippen molar-refractivity contribution in [1.82, 2.24) is 16.0 Å². The highest BCUT2D eigenvalue weighted by Gasteiger charge is 2.09. The molecule has 0 fully saturated rings. The normalized spacial score (nSPS) is 11.8. The summed E-state index contributed by atoms with van der Waals surface area (Å²) in [6, 6.07) is 13.9. The predicted molar refractivity (Wildman–Crippen MR) is 138 cm³/mol. The fourth-order valence-corrected chi connectivity index (χ4v) is 2.91. The molecule has 3 N–H and O–H groups in total. The quantitative estimate of drug-likeness (QED) is 0.251. The molecule has 2 rings (SSSR count). The molecule has 1 amide bonds. The summed E-state index contributed by atoms with van der Waals surface area (Å²) in [5.41, 5.74) is 3.87. The SMILES string of the molecule is CCNC(=NCc1cccc(C(=O)NC(C)CC)c1)NCc1ccc(C)cc1OC.I. The van der Waals surface area contributed by atoms with Crippen molar-refractivity contribution in [3.05, 3.63) is 64.7 Å². The average Bonchev–Trinajstić information content (AvgIpc) is 2.76. The van der Waals surface area contributed by atoms with Crippen LogP contribution >= 0.6 is 24.0 Å². The van der Waals surface area contributed by atoms with Crippen molar-refractivity contribution in [3.63, 3.8) is 0 Å². The lowest BCUT2D eigenvalue weighted by molar-refractivity contribution is 0.0939. The second kappa shape index (κ2) is 13.9. The van der Waals surface area contributed by atoms with Gasteiger partial charge in [0.05, 0.1) is 13.7 Å². The van der Waals surface area contributed by atoms with Gasteiger partial charge in [0, 0.05) is 30.3 Å². The predicted octanol–water partition coefficient (Wildman–Crippen LogP) is 4.41. The Bertz CT molecular complexity index is 870.